The van der Waals surface area contributed by atoms with Gasteiger partial charge in [-0.05, 0) is 38.0 Å². The molecule has 1 amide bonds. The van der Waals surface area contributed by atoms with Crippen LogP contribution in [-0.2, 0) is 4.79 Å². The van der Waals surface area contributed by atoms with Crippen molar-refractivity contribution < 1.29 is 4.79 Å². The Kier molecular flexibility index (Phi) is 3.13. The zero-order valence-electron chi connectivity index (χ0n) is 9.75. The third-order valence-corrected chi connectivity index (χ3v) is 3.98. The van der Waals surface area contributed by atoms with Crippen LogP contribution in [0.15, 0.2) is 11.6 Å². The van der Waals surface area contributed by atoms with Gasteiger partial charge < -0.3 is 5.32 Å². The van der Waals surface area contributed by atoms with Crippen molar-refractivity contribution in [3.63, 3.8) is 0 Å². The first-order valence-electron chi connectivity index (χ1n) is 6.13. The molecule has 0 aromatic carbocycles. The van der Waals surface area contributed by atoms with Crippen molar-refractivity contribution >= 4 is 5.91 Å². The van der Waals surface area contributed by atoms with Gasteiger partial charge >= 0.3 is 0 Å². The van der Waals surface area contributed by atoms with E-state index in [1.54, 1.807) is 0 Å². The minimum atomic E-state index is 0.224. The molecule has 2 fully saturated rings. The minimum absolute atomic E-state index is 0.224. The molecule has 0 spiro atoms. The molecule has 1 aliphatic carbocycles. The summed E-state index contributed by atoms with van der Waals surface area (Å²) in [5.41, 5.74) is 1.54. The normalized spacial score (nSPS) is 32.7. The minimum Gasteiger partial charge on any atom is -0.353 e. The average molecular weight is 207 g/mol. The number of hydrogen-bond acceptors (Lipinski definition) is 1. The molecule has 1 heterocycles. The molecule has 2 rings (SSSR count). The number of carbonyl (C=O) groups excluding carboxylic acids is 1. The van der Waals surface area contributed by atoms with Gasteiger partial charge in [0.05, 0.1) is 0 Å². The second-order valence-corrected chi connectivity index (χ2v) is 5.17. The Labute approximate surface area is 92.1 Å². The molecule has 2 atom stereocenters. The van der Waals surface area contributed by atoms with E-state index in [1.165, 1.54) is 24.8 Å². The topological polar surface area (TPSA) is 29.1 Å². The maximum atomic E-state index is 11.2. The molecule has 1 saturated heterocycles. The van der Waals surface area contributed by atoms with Crippen LogP contribution in [-0.4, -0.2) is 11.9 Å². The van der Waals surface area contributed by atoms with Crippen molar-refractivity contribution in [2.75, 3.05) is 0 Å². The zero-order valence-corrected chi connectivity index (χ0v) is 9.75. The molecular weight excluding hydrogens is 186 g/mol. The zero-order chi connectivity index (χ0) is 10.8. The van der Waals surface area contributed by atoms with Crippen LogP contribution < -0.4 is 5.32 Å². The standard InChI is InChI=1S/C13H21NO/c1-9(11-4-3-5-11)6-7-12-10(2)8-13(15)14-12/h6,10-12H,3-5,7-8H2,1-2H3,(H,14,15)/b9-6+/t10-,12+/m0/s1. The van der Waals surface area contributed by atoms with Crippen LogP contribution in [0.2, 0.25) is 0 Å². The number of rotatable bonds is 3. The van der Waals surface area contributed by atoms with Crippen LogP contribution in [0.25, 0.3) is 0 Å². The molecular formula is C13H21NO. The van der Waals surface area contributed by atoms with Crippen molar-refractivity contribution in [3.8, 4) is 0 Å². The first kappa shape index (κ1) is 10.7. The molecule has 2 nitrogen and oxygen atoms in total. The van der Waals surface area contributed by atoms with E-state index in [0.717, 1.165) is 12.3 Å². The van der Waals surface area contributed by atoms with E-state index in [-0.39, 0.29) is 5.91 Å². The molecule has 0 radical (unpaired) electrons. The van der Waals surface area contributed by atoms with Gasteiger partial charge in [0.1, 0.15) is 0 Å². The van der Waals surface area contributed by atoms with Gasteiger partial charge in [0.15, 0.2) is 0 Å². The fraction of sp³-hybridized carbons (Fsp3) is 0.769. The summed E-state index contributed by atoms with van der Waals surface area (Å²) in [6.07, 6.45) is 8.21. The number of nitrogens with one attached hydrogen (secondary N) is 1. The molecule has 2 heteroatoms. The monoisotopic (exact) mass is 207 g/mol. The van der Waals surface area contributed by atoms with Crippen molar-refractivity contribution in [2.45, 2.75) is 52.0 Å². The van der Waals surface area contributed by atoms with E-state index in [2.05, 4.69) is 25.2 Å². The fourth-order valence-electron chi connectivity index (χ4n) is 2.48. The average Bonchev–Trinajstić information content (AvgIpc) is 2.38. The van der Waals surface area contributed by atoms with Crippen molar-refractivity contribution in [1.82, 2.24) is 5.32 Å². The van der Waals surface area contributed by atoms with Crippen LogP contribution in [0.1, 0.15) is 46.0 Å². The summed E-state index contributed by atoms with van der Waals surface area (Å²) in [7, 11) is 0. The third kappa shape index (κ3) is 2.42. The first-order valence-corrected chi connectivity index (χ1v) is 6.13. The molecule has 0 bridgehead atoms. The van der Waals surface area contributed by atoms with Crippen LogP contribution >= 0.6 is 0 Å². The summed E-state index contributed by atoms with van der Waals surface area (Å²) in [5, 5.41) is 3.05. The molecule has 1 aliphatic heterocycles. The lowest BCUT2D eigenvalue weighted by Crippen LogP contribution is -2.27. The second-order valence-electron chi connectivity index (χ2n) is 5.17. The van der Waals surface area contributed by atoms with Gasteiger partial charge in [-0.25, -0.2) is 0 Å². The predicted octanol–water partition coefficient (Wildman–Crippen LogP) is 2.65. The van der Waals surface area contributed by atoms with E-state index >= 15 is 0 Å². The van der Waals surface area contributed by atoms with Crippen LogP contribution in [0.5, 0.6) is 0 Å². The van der Waals surface area contributed by atoms with Gasteiger partial charge in [0.2, 0.25) is 5.91 Å². The number of hydrogen-bond donors (Lipinski definition) is 1. The lowest BCUT2D eigenvalue weighted by Gasteiger charge is -2.26. The predicted molar refractivity (Wildman–Crippen MR) is 61.4 cm³/mol. The highest BCUT2D eigenvalue weighted by molar-refractivity contribution is 5.78. The molecule has 1 saturated carbocycles. The van der Waals surface area contributed by atoms with Crippen LogP contribution in [0.3, 0.4) is 0 Å². The molecule has 2 aliphatic rings. The Morgan fingerprint density at radius 1 is 1.53 bits per heavy atom. The van der Waals surface area contributed by atoms with E-state index in [1.807, 2.05) is 0 Å². The SMILES string of the molecule is C/C(=C\C[C@H]1NC(=O)C[C@@H]1C)C1CCC1. The summed E-state index contributed by atoms with van der Waals surface area (Å²) in [4.78, 5) is 11.2. The quantitative estimate of drug-likeness (QED) is 0.708. The van der Waals surface area contributed by atoms with Crippen LogP contribution in [0, 0.1) is 11.8 Å². The Morgan fingerprint density at radius 3 is 2.73 bits per heavy atom. The largest absolute Gasteiger partial charge is 0.353 e. The Balaban J connectivity index is 1.83. The van der Waals surface area contributed by atoms with E-state index in [0.29, 0.717) is 18.4 Å². The van der Waals surface area contributed by atoms with E-state index < -0.39 is 0 Å². The molecule has 1 N–H and O–H groups in total. The number of allylic oxidation sites excluding steroid dienone is 1. The maximum Gasteiger partial charge on any atom is 0.220 e. The third-order valence-electron chi connectivity index (χ3n) is 3.98. The molecule has 0 aromatic rings. The summed E-state index contributed by atoms with van der Waals surface area (Å²) < 4.78 is 0. The molecule has 0 unspecified atom stereocenters. The Hall–Kier alpha value is -0.790. The van der Waals surface area contributed by atoms with E-state index in [4.69, 9.17) is 0 Å². The number of amides is 1. The van der Waals surface area contributed by atoms with Crippen LogP contribution in [0.4, 0.5) is 0 Å². The highest BCUT2D eigenvalue weighted by Crippen LogP contribution is 2.33. The summed E-state index contributed by atoms with van der Waals surface area (Å²) in [5.74, 6) is 1.57. The molecule has 84 valence electrons. The van der Waals surface area contributed by atoms with Gasteiger partial charge in [0, 0.05) is 12.5 Å². The highest BCUT2D eigenvalue weighted by atomic mass is 16.1. The lowest BCUT2D eigenvalue weighted by atomic mass is 9.79. The van der Waals surface area contributed by atoms with Crippen molar-refractivity contribution in [3.05, 3.63) is 11.6 Å². The highest BCUT2D eigenvalue weighted by Gasteiger charge is 2.28. The van der Waals surface area contributed by atoms with Crippen molar-refractivity contribution in [1.29, 1.82) is 0 Å². The lowest BCUT2D eigenvalue weighted by molar-refractivity contribution is -0.119. The summed E-state index contributed by atoms with van der Waals surface area (Å²) in [6.45, 7) is 4.40. The summed E-state index contributed by atoms with van der Waals surface area (Å²) >= 11 is 0. The number of carbonyl (C=O) groups is 1. The maximum absolute atomic E-state index is 11.2. The Morgan fingerprint density at radius 2 is 2.27 bits per heavy atom. The first-order chi connectivity index (χ1) is 7.16. The Bertz CT molecular complexity index is 278. The van der Waals surface area contributed by atoms with Gasteiger partial charge in [-0.1, -0.05) is 25.0 Å². The van der Waals surface area contributed by atoms with Gasteiger partial charge in [-0.15, -0.1) is 0 Å². The van der Waals surface area contributed by atoms with E-state index in [9.17, 15) is 4.79 Å². The molecule has 0 aromatic heterocycles. The fourth-order valence-corrected chi connectivity index (χ4v) is 2.48. The van der Waals surface area contributed by atoms with Gasteiger partial charge in [0.25, 0.3) is 0 Å². The second kappa shape index (κ2) is 4.38. The van der Waals surface area contributed by atoms with Gasteiger partial charge in [-0.3, -0.25) is 4.79 Å². The van der Waals surface area contributed by atoms with Gasteiger partial charge in [-0.2, -0.15) is 0 Å². The molecule has 15 heavy (non-hydrogen) atoms. The summed E-state index contributed by atoms with van der Waals surface area (Å²) in [6, 6.07) is 0.382. The van der Waals surface area contributed by atoms with Crippen molar-refractivity contribution in [2.24, 2.45) is 11.8 Å². The smallest absolute Gasteiger partial charge is 0.220 e.